The Labute approximate surface area is 104 Å². The molecule has 94 valence electrons. The highest BCUT2D eigenvalue weighted by Gasteiger charge is 2.30. The molecule has 0 unspecified atom stereocenters. The first-order valence-corrected chi connectivity index (χ1v) is 6.33. The first-order valence-electron chi connectivity index (χ1n) is 6.33. The number of ether oxygens (including phenoxy) is 1. The molecule has 3 nitrogen and oxygen atoms in total. The van der Waals surface area contributed by atoms with Gasteiger partial charge in [-0.1, -0.05) is 30.3 Å². The van der Waals surface area contributed by atoms with Gasteiger partial charge < -0.3 is 15.4 Å². The number of hydrogen-bond acceptors (Lipinski definition) is 3. The summed E-state index contributed by atoms with van der Waals surface area (Å²) >= 11 is 0. The molecule has 17 heavy (non-hydrogen) atoms. The van der Waals surface area contributed by atoms with Crippen molar-refractivity contribution in [2.45, 2.75) is 18.4 Å². The first kappa shape index (κ1) is 12.6. The molecule has 0 radical (unpaired) electrons. The molecule has 3 heteroatoms. The van der Waals surface area contributed by atoms with Crippen molar-refractivity contribution in [1.29, 1.82) is 0 Å². The van der Waals surface area contributed by atoms with Gasteiger partial charge in [-0.3, -0.25) is 0 Å². The Morgan fingerprint density at radius 2 is 2.06 bits per heavy atom. The van der Waals surface area contributed by atoms with Crippen molar-refractivity contribution in [3.05, 3.63) is 35.9 Å². The number of nitrogens with two attached hydrogens (primary N) is 1. The average molecular weight is 234 g/mol. The van der Waals surface area contributed by atoms with Crippen LogP contribution in [0.25, 0.3) is 0 Å². The maximum absolute atomic E-state index is 6.23. The summed E-state index contributed by atoms with van der Waals surface area (Å²) in [4.78, 5) is 2.45. The molecule has 1 fully saturated rings. The van der Waals surface area contributed by atoms with E-state index in [1.54, 1.807) is 7.11 Å². The van der Waals surface area contributed by atoms with Gasteiger partial charge in [0.2, 0.25) is 0 Å². The van der Waals surface area contributed by atoms with Crippen LogP contribution in [0.4, 0.5) is 0 Å². The topological polar surface area (TPSA) is 38.5 Å². The first-order chi connectivity index (χ1) is 8.31. The second-order valence-electron chi connectivity index (χ2n) is 4.79. The van der Waals surface area contributed by atoms with Gasteiger partial charge in [-0.25, -0.2) is 0 Å². The van der Waals surface area contributed by atoms with Gasteiger partial charge in [0.1, 0.15) is 0 Å². The van der Waals surface area contributed by atoms with E-state index in [0.29, 0.717) is 5.92 Å². The van der Waals surface area contributed by atoms with Crippen LogP contribution in [0, 0.1) is 0 Å². The van der Waals surface area contributed by atoms with Crippen LogP contribution in [-0.4, -0.2) is 44.3 Å². The van der Waals surface area contributed by atoms with Crippen LogP contribution in [0.3, 0.4) is 0 Å². The van der Waals surface area contributed by atoms with E-state index in [1.165, 1.54) is 5.56 Å². The van der Waals surface area contributed by atoms with E-state index < -0.39 is 0 Å². The molecule has 2 atom stereocenters. The van der Waals surface area contributed by atoms with E-state index in [4.69, 9.17) is 10.5 Å². The lowest BCUT2D eigenvalue weighted by atomic mass is 9.95. The van der Waals surface area contributed by atoms with Crippen LogP contribution < -0.4 is 5.73 Å². The minimum Gasteiger partial charge on any atom is -0.385 e. The van der Waals surface area contributed by atoms with Crippen LogP contribution in [0.2, 0.25) is 0 Å². The molecule has 0 aliphatic carbocycles. The maximum atomic E-state index is 6.23. The largest absolute Gasteiger partial charge is 0.385 e. The highest BCUT2D eigenvalue weighted by Crippen LogP contribution is 2.26. The fourth-order valence-electron chi connectivity index (χ4n) is 2.58. The second kappa shape index (κ2) is 6.15. The lowest BCUT2D eigenvalue weighted by Crippen LogP contribution is -2.29. The van der Waals surface area contributed by atoms with Gasteiger partial charge in [-0.15, -0.1) is 0 Å². The van der Waals surface area contributed by atoms with Crippen molar-refractivity contribution in [1.82, 2.24) is 4.90 Å². The molecule has 0 bridgehead atoms. The SMILES string of the molecule is COCCCN1C[C@H](c2ccccc2)[C@@H](N)C1. The van der Waals surface area contributed by atoms with Gasteiger partial charge in [0, 0.05) is 45.3 Å². The molecule has 0 aromatic heterocycles. The van der Waals surface area contributed by atoms with Crippen molar-refractivity contribution < 1.29 is 4.74 Å². The summed E-state index contributed by atoms with van der Waals surface area (Å²) in [5.74, 6) is 0.485. The summed E-state index contributed by atoms with van der Waals surface area (Å²) in [6.07, 6.45) is 1.09. The zero-order valence-electron chi connectivity index (χ0n) is 10.5. The number of rotatable bonds is 5. The van der Waals surface area contributed by atoms with Gasteiger partial charge in [-0.05, 0) is 12.0 Å². The molecule has 2 N–H and O–H groups in total. The van der Waals surface area contributed by atoms with Crippen molar-refractivity contribution >= 4 is 0 Å². The monoisotopic (exact) mass is 234 g/mol. The predicted molar refractivity (Wildman–Crippen MR) is 70.1 cm³/mol. The van der Waals surface area contributed by atoms with Gasteiger partial charge in [0.15, 0.2) is 0 Å². The Morgan fingerprint density at radius 1 is 1.29 bits per heavy atom. The standard InChI is InChI=1S/C14H22N2O/c1-17-9-5-8-16-10-13(14(15)11-16)12-6-3-2-4-7-12/h2-4,6-7,13-14H,5,8-11,15H2,1H3/t13-,14+/m1/s1. The van der Waals surface area contributed by atoms with Crippen LogP contribution in [-0.2, 0) is 4.74 Å². The van der Waals surface area contributed by atoms with E-state index in [-0.39, 0.29) is 6.04 Å². The summed E-state index contributed by atoms with van der Waals surface area (Å²) in [6, 6.07) is 10.9. The highest BCUT2D eigenvalue weighted by molar-refractivity contribution is 5.23. The van der Waals surface area contributed by atoms with Gasteiger partial charge in [0.05, 0.1) is 0 Å². The van der Waals surface area contributed by atoms with E-state index >= 15 is 0 Å². The normalized spacial score (nSPS) is 25.3. The molecule has 1 aliphatic heterocycles. The highest BCUT2D eigenvalue weighted by atomic mass is 16.5. The van der Waals surface area contributed by atoms with Gasteiger partial charge in [-0.2, -0.15) is 0 Å². The van der Waals surface area contributed by atoms with E-state index in [0.717, 1.165) is 32.7 Å². The zero-order chi connectivity index (χ0) is 12.1. The van der Waals surface area contributed by atoms with Crippen molar-refractivity contribution in [3.63, 3.8) is 0 Å². The molecule has 1 aromatic rings. The molecule has 1 heterocycles. The Kier molecular flexibility index (Phi) is 4.54. The maximum Gasteiger partial charge on any atom is 0.0474 e. The average Bonchev–Trinajstić information content (AvgIpc) is 2.72. The second-order valence-corrected chi connectivity index (χ2v) is 4.79. The van der Waals surface area contributed by atoms with Crippen LogP contribution >= 0.6 is 0 Å². The number of benzene rings is 1. The smallest absolute Gasteiger partial charge is 0.0474 e. The summed E-state index contributed by atoms with van der Waals surface area (Å²) < 4.78 is 5.08. The molecular weight excluding hydrogens is 212 g/mol. The lowest BCUT2D eigenvalue weighted by molar-refractivity contribution is 0.178. The lowest BCUT2D eigenvalue weighted by Gasteiger charge is -2.15. The summed E-state index contributed by atoms with van der Waals surface area (Å²) in [5.41, 5.74) is 7.60. The summed E-state index contributed by atoms with van der Waals surface area (Å²) in [7, 11) is 1.75. The van der Waals surface area contributed by atoms with E-state index in [2.05, 4.69) is 35.2 Å². The molecule has 0 saturated carbocycles. The third-order valence-electron chi connectivity index (χ3n) is 3.49. The fourth-order valence-corrected chi connectivity index (χ4v) is 2.58. The van der Waals surface area contributed by atoms with Crippen LogP contribution in [0.1, 0.15) is 17.9 Å². The van der Waals surface area contributed by atoms with Crippen molar-refractivity contribution in [3.8, 4) is 0 Å². The van der Waals surface area contributed by atoms with Crippen LogP contribution in [0.5, 0.6) is 0 Å². The quantitative estimate of drug-likeness (QED) is 0.784. The zero-order valence-corrected chi connectivity index (χ0v) is 10.5. The van der Waals surface area contributed by atoms with Gasteiger partial charge in [0.25, 0.3) is 0 Å². The van der Waals surface area contributed by atoms with E-state index in [9.17, 15) is 0 Å². The molecule has 1 aromatic carbocycles. The van der Waals surface area contributed by atoms with E-state index in [1.807, 2.05) is 0 Å². The van der Waals surface area contributed by atoms with Crippen molar-refractivity contribution in [2.24, 2.45) is 5.73 Å². The number of likely N-dealkylation sites (tertiary alicyclic amines) is 1. The molecule has 1 saturated heterocycles. The Balaban J connectivity index is 1.89. The molecule has 2 rings (SSSR count). The molecule has 0 amide bonds. The number of methoxy groups -OCH3 is 1. The molecule has 1 aliphatic rings. The Hall–Kier alpha value is -0.900. The minimum absolute atomic E-state index is 0.264. The summed E-state index contributed by atoms with van der Waals surface area (Å²) in [5, 5.41) is 0. The number of hydrogen-bond donors (Lipinski definition) is 1. The molecular formula is C14H22N2O. The Morgan fingerprint density at radius 3 is 2.76 bits per heavy atom. The molecule has 0 spiro atoms. The van der Waals surface area contributed by atoms with Crippen molar-refractivity contribution in [2.75, 3.05) is 33.4 Å². The number of nitrogens with zero attached hydrogens (tertiary/aromatic N) is 1. The summed E-state index contributed by atoms with van der Waals surface area (Å²) in [6.45, 7) is 4.00. The van der Waals surface area contributed by atoms with Crippen LogP contribution in [0.15, 0.2) is 30.3 Å². The third-order valence-corrected chi connectivity index (χ3v) is 3.49. The fraction of sp³-hybridized carbons (Fsp3) is 0.571. The predicted octanol–water partition coefficient (Wildman–Crippen LogP) is 1.45. The van der Waals surface area contributed by atoms with Gasteiger partial charge >= 0.3 is 0 Å². The third kappa shape index (κ3) is 3.28. The Bertz CT molecular complexity index is 328. The minimum atomic E-state index is 0.264.